The monoisotopic (exact) mass is 348 g/mol. The molecule has 21 heavy (non-hydrogen) atoms. The van der Waals surface area contributed by atoms with Crippen LogP contribution >= 0.6 is 15.9 Å². The molecule has 0 saturated heterocycles. The number of likely N-dealkylation sites (N-methyl/N-ethyl adjacent to an activating group) is 1. The lowest BCUT2D eigenvalue weighted by atomic mass is 10.1. The second-order valence-electron chi connectivity index (χ2n) is 4.61. The zero-order chi connectivity index (χ0) is 15.2. The molecule has 0 amide bonds. The summed E-state index contributed by atoms with van der Waals surface area (Å²) < 4.78 is 0.792. The number of oxime groups is 1. The first-order valence-electron chi connectivity index (χ1n) is 6.51. The molecule has 0 radical (unpaired) electrons. The maximum absolute atomic E-state index is 8.94. The van der Waals surface area contributed by atoms with Crippen LogP contribution in [0.15, 0.2) is 52.2 Å². The number of amidine groups is 1. The number of benzene rings is 1. The lowest BCUT2D eigenvalue weighted by molar-refractivity contribution is 0.318. The average Bonchev–Trinajstić information content (AvgIpc) is 2.52. The number of pyridine rings is 1. The molecule has 5 nitrogen and oxygen atoms in total. The molecule has 0 unspecified atom stereocenters. The summed E-state index contributed by atoms with van der Waals surface area (Å²) in [6, 6.07) is 11.6. The number of rotatable bonds is 5. The van der Waals surface area contributed by atoms with Crippen molar-refractivity contribution in [3.8, 4) is 0 Å². The Hall–Kier alpha value is -2.08. The first-order valence-corrected chi connectivity index (χ1v) is 7.30. The van der Waals surface area contributed by atoms with Crippen LogP contribution < -0.4 is 10.6 Å². The van der Waals surface area contributed by atoms with Crippen LogP contribution in [0.2, 0.25) is 0 Å². The van der Waals surface area contributed by atoms with Crippen molar-refractivity contribution in [1.29, 1.82) is 0 Å². The Morgan fingerprint density at radius 3 is 2.81 bits per heavy atom. The molecule has 110 valence electrons. The van der Waals surface area contributed by atoms with Crippen LogP contribution in [0.5, 0.6) is 0 Å². The van der Waals surface area contributed by atoms with E-state index in [0.29, 0.717) is 5.56 Å². The zero-order valence-electron chi connectivity index (χ0n) is 11.7. The summed E-state index contributed by atoms with van der Waals surface area (Å²) in [6.07, 6.45) is 2.61. The van der Waals surface area contributed by atoms with Crippen LogP contribution in [0, 0.1) is 0 Å². The number of hydrogen-bond donors (Lipinski definition) is 2. The molecule has 0 fully saturated rings. The van der Waals surface area contributed by atoms with Gasteiger partial charge in [0.15, 0.2) is 5.84 Å². The number of halogens is 1. The molecule has 6 heteroatoms. The van der Waals surface area contributed by atoms with Crippen molar-refractivity contribution in [2.75, 3.05) is 18.5 Å². The molecule has 0 aliphatic carbocycles. The fourth-order valence-corrected chi connectivity index (χ4v) is 2.64. The van der Waals surface area contributed by atoms with Gasteiger partial charge in [0.05, 0.1) is 5.56 Å². The highest BCUT2D eigenvalue weighted by Gasteiger charge is 2.14. The lowest BCUT2D eigenvalue weighted by Crippen LogP contribution is -2.25. The van der Waals surface area contributed by atoms with Crippen LogP contribution in [-0.2, 0) is 6.42 Å². The lowest BCUT2D eigenvalue weighted by Gasteiger charge is -2.22. The summed E-state index contributed by atoms with van der Waals surface area (Å²) in [5.41, 5.74) is 8.39. The number of anilines is 1. The molecule has 1 aromatic carbocycles. The molecule has 2 rings (SSSR count). The van der Waals surface area contributed by atoms with Gasteiger partial charge >= 0.3 is 0 Å². The molecule has 1 heterocycles. The number of nitrogens with two attached hydrogens (primary N) is 1. The highest BCUT2D eigenvalue weighted by atomic mass is 79.9. The van der Waals surface area contributed by atoms with E-state index >= 15 is 0 Å². The van der Waals surface area contributed by atoms with E-state index in [1.807, 2.05) is 43.4 Å². The Morgan fingerprint density at radius 1 is 1.33 bits per heavy atom. The molecule has 0 spiro atoms. The van der Waals surface area contributed by atoms with Crippen molar-refractivity contribution in [3.63, 3.8) is 0 Å². The molecular formula is C15H17BrN4O. The summed E-state index contributed by atoms with van der Waals surface area (Å²) in [7, 11) is 1.97. The first-order chi connectivity index (χ1) is 10.1. The molecule has 1 aromatic heterocycles. The van der Waals surface area contributed by atoms with Gasteiger partial charge in [0.1, 0.15) is 0 Å². The van der Waals surface area contributed by atoms with Crippen molar-refractivity contribution in [1.82, 2.24) is 4.98 Å². The van der Waals surface area contributed by atoms with Gasteiger partial charge in [0.25, 0.3) is 0 Å². The van der Waals surface area contributed by atoms with Gasteiger partial charge in [-0.25, -0.2) is 0 Å². The Kier molecular flexibility index (Phi) is 5.16. The summed E-state index contributed by atoms with van der Waals surface area (Å²) >= 11 is 3.44. The van der Waals surface area contributed by atoms with Crippen LogP contribution in [-0.4, -0.2) is 29.6 Å². The van der Waals surface area contributed by atoms with E-state index in [-0.39, 0.29) is 5.84 Å². The minimum atomic E-state index is 0.0853. The van der Waals surface area contributed by atoms with Gasteiger partial charge in [-0.3, -0.25) is 4.98 Å². The van der Waals surface area contributed by atoms with Crippen LogP contribution in [0.3, 0.4) is 0 Å². The van der Waals surface area contributed by atoms with Gasteiger partial charge in [-0.15, -0.1) is 0 Å². The van der Waals surface area contributed by atoms with Gasteiger partial charge in [0.2, 0.25) is 0 Å². The topological polar surface area (TPSA) is 74.7 Å². The quantitative estimate of drug-likeness (QED) is 0.377. The van der Waals surface area contributed by atoms with E-state index in [1.165, 1.54) is 0 Å². The van der Waals surface area contributed by atoms with Gasteiger partial charge < -0.3 is 15.8 Å². The zero-order valence-corrected chi connectivity index (χ0v) is 13.3. The summed E-state index contributed by atoms with van der Waals surface area (Å²) in [4.78, 5) is 6.37. The summed E-state index contributed by atoms with van der Waals surface area (Å²) in [6.45, 7) is 0.777. The first kappa shape index (κ1) is 15.3. The van der Waals surface area contributed by atoms with Gasteiger partial charge in [0, 0.05) is 42.1 Å². The second-order valence-corrected chi connectivity index (χ2v) is 5.47. The third kappa shape index (κ3) is 3.72. The predicted molar refractivity (Wildman–Crippen MR) is 87.9 cm³/mol. The van der Waals surface area contributed by atoms with E-state index in [9.17, 15) is 0 Å². The van der Waals surface area contributed by atoms with E-state index in [4.69, 9.17) is 10.9 Å². The fourth-order valence-electron chi connectivity index (χ4n) is 2.08. The van der Waals surface area contributed by atoms with Crippen molar-refractivity contribution in [2.24, 2.45) is 10.9 Å². The predicted octanol–water partition coefficient (Wildman–Crippen LogP) is 2.62. The molecule has 0 atom stereocenters. The third-order valence-electron chi connectivity index (χ3n) is 3.20. The normalized spacial score (nSPS) is 11.4. The Balaban J connectivity index is 2.19. The minimum Gasteiger partial charge on any atom is -0.409 e. The van der Waals surface area contributed by atoms with Gasteiger partial charge in [-0.05, 0) is 40.2 Å². The summed E-state index contributed by atoms with van der Waals surface area (Å²) in [5.74, 6) is 0.0853. The van der Waals surface area contributed by atoms with E-state index in [0.717, 1.165) is 28.8 Å². The maximum Gasteiger partial charge on any atom is 0.173 e. The van der Waals surface area contributed by atoms with Crippen LogP contribution in [0.25, 0.3) is 0 Å². The molecule has 2 aromatic rings. The van der Waals surface area contributed by atoms with E-state index in [2.05, 4.69) is 31.0 Å². The molecule has 0 aliphatic rings. The van der Waals surface area contributed by atoms with E-state index < -0.39 is 0 Å². The largest absolute Gasteiger partial charge is 0.409 e. The number of hydrogen-bond acceptors (Lipinski definition) is 4. The Labute approximate surface area is 132 Å². The number of aromatic nitrogens is 1. The average molecular weight is 349 g/mol. The van der Waals surface area contributed by atoms with Crippen LogP contribution in [0.1, 0.15) is 11.3 Å². The summed E-state index contributed by atoms with van der Waals surface area (Å²) in [5, 5.41) is 12.0. The van der Waals surface area contributed by atoms with Crippen LogP contribution in [0.4, 0.5) is 5.69 Å². The smallest absolute Gasteiger partial charge is 0.173 e. The maximum atomic E-state index is 8.94. The molecule has 3 N–H and O–H groups in total. The highest BCUT2D eigenvalue weighted by molar-refractivity contribution is 9.10. The Morgan fingerprint density at radius 2 is 2.14 bits per heavy atom. The molecule has 0 saturated carbocycles. The van der Waals surface area contributed by atoms with Crippen molar-refractivity contribution >= 4 is 27.5 Å². The van der Waals surface area contributed by atoms with Crippen molar-refractivity contribution in [3.05, 3.63) is 58.3 Å². The van der Waals surface area contributed by atoms with Crippen molar-refractivity contribution < 1.29 is 5.21 Å². The molecular weight excluding hydrogens is 332 g/mol. The minimum absolute atomic E-state index is 0.0853. The molecule has 0 aliphatic heterocycles. The standard InChI is InChI=1S/C15H17BrN4O/c1-20(10-8-11-5-2-3-9-18-11)13-7-4-6-12(16)14(13)15(17)19-21/h2-7,9,21H,8,10H2,1H3,(H2,17,19). The highest BCUT2D eigenvalue weighted by Crippen LogP contribution is 2.27. The third-order valence-corrected chi connectivity index (χ3v) is 3.86. The van der Waals surface area contributed by atoms with Gasteiger partial charge in [-0.2, -0.15) is 0 Å². The fraction of sp³-hybridized carbons (Fsp3) is 0.200. The Bertz CT molecular complexity index is 631. The van der Waals surface area contributed by atoms with Gasteiger partial charge in [-0.1, -0.05) is 17.3 Å². The number of nitrogens with zero attached hydrogens (tertiary/aromatic N) is 3. The van der Waals surface area contributed by atoms with Crippen molar-refractivity contribution in [2.45, 2.75) is 6.42 Å². The SMILES string of the molecule is CN(CCc1ccccn1)c1cccc(Br)c1/C(N)=N/O. The second kappa shape index (κ2) is 7.08. The molecule has 0 bridgehead atoms. The van der Waals surface area contributed by atoms with E-state index in [1.54, 1.807) is 6.20 Å².